The van der Waals surface area contributed by atoms with Gasteiger partial charge in [-0.05, 0) is 23.3 Å². The zero-order valence-electron chi connectivity index (χ0n) is 22.3. The molecule has 0 atom stereocenters. The third-order valence-corrected chi connectivity index (χ3v) is 7.37. The summed E-state index contributed by atoms with van der Waals surface area (Å²) in [6.45, 7) is 0.121. The lowest BCUT2D eigenvalue weighted by atomic mass is 10.0. The molecule has 0 fully saturated rings. The van der Waals surface area contributed by atoms with E-state index < -0.39 is 15.0 Å². The Balaban J connectivity index is 1.22. The van der Waals surface area contributed by atoms with Crippen molar-refractivity contribution < 1.29 is 32.0 Å². The van der Waals surface area contributed by atoms with Gasteiger partial charge in [0.05, 0.1) is 0 Å². The van der Waals surface area contributed by atoms with E-state index in [4.69, 9.17) is 9.47 Å². The highest BCUT2D eigenvalue weighted by atomic mass is 32.2. The smallest absolute Gasteiger partial charge is 0.298 e. The second-order valence-corrected chi connectivity index (χ2v) is 10.8. The molecule has 5 aromatic carbocycles. The van der Waals surface area contributed by atoms with Crippen molar-refractivity contribution in [1.82, 2.24) is 0 Å². The largest absolute Gasteiger partial charge is 0.489 e. The molecule has 0 bridgehead atoms. The number of hydrogen-bond donors (Lipinski definition) is 1. The number of rotatable bonds is 11. The lowest BCUT2D eigenvalue weighted by Gasteiger charge is -2.13. The van der Waals surface area contributed by atoms with Crippen LogP contribution >= 0.6 is 0 Å². The molecule has 0 aliphatic rings. The van der Waals surface area contributed by atoms with E-state index in [1.165, 1.54) is 12.1 Å². The molecule has 0 saturated carbocycles. The van der Waals surface area contributed by atoms with Gasteiger partial charge in [0.25, 0.3) is 10.1 Å². The highest BCUT2D eigenvalue weighted by Gasteiger charge is 2.19. The molecule has 8 heteroatoms. The fourth-order valence-corrected chi connectivity index (χ4v) is 4.89. The maximum Gasteiger partial charge on any atom is 0.298 e. The number of carbonyl (C=O) groups excluding carboxylic acids is 2. The van der Waals surface area contributed by atoms with Crippen molar-refractivity contribution >= 4 is 21.7 Å². The van der Waals surface area contributed by atoms with Gasteiger partial charge in [-0.1, -0.05) is 109 Å². The SMILES string of the molecule is O=C(c1ccccc1)c1ccc(COc2ccc(OCc3ccc(C(=O)c4ccccc4)cc3)c(S(=O)(=O)O)c2)cc1. The van der Waals surface area contributed by atoms with Gasteiger partial charge in [0.1, 0.15) is 29.6 Å². The van der Waals surface area contributed by atoms with E-state index in [2.05, 4.69) is 0 Å². The van der Waals surface area contributed by atoms with Crippen molar-refractivity contribution in [2.75, 3.05) is 0 Å². The van der Waals surface area contributed by atoms with Gasteiger partial charge < -0.3 is 9.47 Å². The van der Waals surface area contributed by atoms with Gasteiger partial charge in [-0.25, -0.2) is 0 Å². The maximum absolute atomic E-state index is 12.6. The minimum atomic E-state index is -4.62. The summed E-state index contributed by atoms with van der Waals surface area (Å²) in [5.41, 5.74) is 3.70. The molecule has 5 rings (SSSR count). The van der Waals surface area contributed by atoms with Crippen molar-refractivity contribution in [3.05, 3.63) is 161 Å². The Labute approximate surface area is 243 Å². The first-order valence-electron chi connectivity index (χ1n) is 13.0. The van der Waals surface area contributed by atoms with Crippen LogP contribution in [0.4, 0.5) is 0 Å². The molecule has 0 aliphatic heterocycles. The van der Waals surface area contributed by atoms with Crippen LogP contribution < -0.4 is 9.47 Å². The third kappa shape index (κ3) is 6.98. The summed E-state index contributed by atoms with van der Waals surface area (Å²) in [5.74, 6) is -0.0294. The Hall–Kier alpha value is -5.05. The molecular formula is C34H26O7S. The van der Waals surface area contributed by atoms with E-state index in [1.54, 1.807) is 103 Å². The zero-order valence-corrected chi connectivity index (χ0v) is 23.2. The molecule has 0 amide bonds. The second kappa shape index (κ2) is 12.6. The van der Waals surface area contributed by atoms with Crippen LogP contribution in [0.1, 0.15) is 43.0 Å². The van der Waals surface area contributed by atoms with E-state index in [-0.39, 0.29) is 36.3 Å². The molecule has 0 aromatic heterocycles. The van der Waals surface area contributed by atoms with Gasteiger partial charge in [-0.2, -0.15) is 8.42 Å². The number of carbonyl (C=O) groups is 2. The predicted octanol–water partition coefficient (Wildman–Crippen LogP) is 6.55. The molecule has 5 aromatic rings. The molecule has 210 valence electrons. The first-order chi connectivity index (χ1) is 20.3. The summed E-state index contributed by atoms with van der Waals surface area (Å²) >= 11 is 0. The van der Waals surface area contributed by atoms with Gasteiger partial charge in [0.2, 0.25) is 0 Å². The van der Waals surface area contributed by atoms with Gasteiger partial charge in [0, 0.05) is 28.3 Å². The van der Waals surface area contributed by atoms with E-state index in [0.717, 1.165) is 5.56 Å². The number of ketones is 2. The topological polar surface area (TPSA) is 107 Å². The van der Waals surface area contributed by atoms with Gasteiger partial charge in [-0.15, -0.1) is 0 Å². The maximum atomic E-state index is 12.6. The van der Waals surface area contributed by atoms with Crippen molar-refractivity contribution in [3.8, 4) is 11.5 Å². The summed E-state index contributed by atoms with van der Waals surface area (Å²) in [4.78, 5) is 24.8. The Morgan fingerprint density at radius 3 is 1.43 bits per heavy atom. The highest BCUT2D eigenvalue weighted by molar-refractivity contribution is 7.86. The first kappa shape index (κ1) is 28.5. The molecule has 0 heterocycles. The van der Waals surface area contributed by atoms with Crippen molar-refractivity contribution in [1.29, 1.82) is 0 Å². The summed E-state index contributed by atoms with van der Waals surface area (Å²) in [6, 6.07) is 35.8. The van der Waals surface area contributed by atoms with Crippen LogP contribution in [0, 0.1) is 0 Å². The second-order valence-electron chi connectivity index (χ2n) is 9.45. The molecule has 7 nitrogen and oxygen atoms in total. The first-order valence-corrected chi connectivity index (χ1v) is 14.5. The highest BCUT2D eigenvalue weighted by Crippen LogP contribution is 2.30. The van der Waals surface area contributed by atoms with E-state index in [1.807, 2.05) is 12.1 Å². The quantitative estimate of drug-likeness (QED) is 0.140. The van der Waals surface area contributed by atoms with Crippen LogP contribution in [-0.4, -0.2) is 24.5 Å². The van der Waals surface area contributed by atoms with E-state index in [0.29, 0.717) is 27.8 Å². The standard InChI is InChI=1S/C34H26O7S/c35-33(26-7-3-1-4-8-26)28-15-11-24(12-16-28)22-40-30-19-20-31(32(21-30)42(37,38)39)41-23-25-13-17-29(18-14-25)34(36)27-9-5-2-6-10-27/h1-21H,22-23H2,(H,37,38,39). The summed E-state index contributed by atoms with van der Waals surface area (Å²) in [7, 11) is -4.62. The molecular weight excluding hydrogens is 552 g/mol. The van der Waals surface area contributed by atoms with Crippen molar-refractivity contribution in [3.63, 3.8) is 0 Å². The Morgan fingerprint density at radius 1 is 0.548 bits per heavy atom. The zero-order chi connectivity index (χ0) is 29.5. The predicted molar refractivity (Wildman–Crippen MR) is 158 cm³/mol. The third-order valence-electron chi connectivity index (χ3n) is 6.50. The molecule has 0 aliphatic carbocycles. The number of ether oxygens (including phenoxy) is 2. The minimum absolute atomic E-state index is 0.0105. The average molecular weight is 579 g/mol. The van der Waals surface area contributed by atoms with Gasteiger partial charge >= 0.3 is 0 Å². The van der Waals surface area contributed by atoms with Crippen LogP contribution in [-0.2, 0) is 23.3 Å². The van der Waals surface area contributed by atoms with Crippen LogP contribution in [0.3, 0.4) is 0 Å². The van der Waals surface area contributed by atoms with E-state index >= 15 is 0 Å². The summed E-state index contributed by atoms with van der Waals surface area (Å²) < 4.78 is 45.5. The molecule has 1 N–H and O–H groups in total. The monoisotopic (exact) mass is 578 g/mol. The lowest BCUT2D eigenvalue weighted by molar-refractivity contribution is 0.103. The normalized spacial score (nSPS) is 11.1. The molecule has 0 spiro atoms. The van der Waals surface area contributed by atoms with Crippen molar-refractivity contribution in [2.24, 2.45) is 0 Å². The number of hydrogen-bond acceptors (Lipinski definition) is 6. The summed E-state index contributed by atoms with van der Waals surface area (Å²) in [5, 5.41) is 0. The van der Waals surface area contributed by atoms with Crippen LogP contribution in [0.25, 0.3) is 0 Å². The number of benzene rings is 5. The van der Waals surface area contributed by atoms with Crippen LogP contribution in [0.2, 0.25) is 0 Å². The molecule has 42 heavy (non-hydrogen) atoms. The lowest BCUT2D eigenvalue weighted by Crippen LogP contribution is -2.06. The minimum Gasteiger partial charge on any atom is -0.489 e. The molecule has 0 unspecified atom stereocenters. The summed E-state index contributed by atoms with van der Waals surface area (Å²) in [6.07, 6.45) is 0. The van der Waals surface area contributed by atoms with E-state index in [9.17, 15) is 22.6 Å². The van der Waals surface area contributed by atoms with Crippen LogP contribution in [0.15, 0.2) is 132 Å². The Morgan fingerprint density at radius 2 is 0.976 bits per heavy atom. The Kier molecular flexibility index (Phi) is 8.57. The fourth-order valence-electron chi connectivity index (χ4n) is 4.24. The molecule has 0 saturated heterocycles. The average Bonchev–Trinajstić information content (AvgIpc) is 3.03. The fraction of sp³-hybridized carbons (Fsp3) is 0.0588. The Bertz CT molecular complexity index is 1800. The van der Waals surface area contributed by atoms with Gasteiger partial charge in [-0.3, -0.25) is 14.1 Å². The van der Waals surface area contributed by atoms with Crippen LogP contribution in [0.5, 0.6) is 11.5 Å². The van der Waals surface area contributed by atoms with Gasteiger partial charge in [0.15, 0.2) is 11.6 Å². The molecule has 0 radical (unpaired) electrons. The van der Waals surface area contributed by atoms with Crippen molar-refractivity contribution in [2.45, 2.75) is 18.1 Å².